The maximum atomic E-state index is 12.1. The highest BCUT2D eigenvalue weighted by Gasteiger charge is 2.31. The maximum absolute atomic E-state index is 12.1. The van der Waals surface area contributed by atoms with E-state index in [1.807, 2.05) is 20.8 Å². The number of hydrogen-bond acceptors (Lipinski definition) is 3. The summed E-state index contributed by atoms with van der Waals surface area (Å²) in [4.78, 5) is 13.8. The highest BCUT2D eigenvalue weighted by Crippen LogP contribution is 2.21. The molecule has 0 bridgehead atoms. The Labute approximate surface area is 104 Å². The van der Waals surface area contributed by atoms with Gasteiger partial charge < -0.3 is 4.90 Å². The predicted octanol–water partition coefficient (Wildman–Crippen LogP) is 0.573. The number of hydrogen-bond donors (Lipinski definition) is 1. The van der Waals surface area contributed by atoms with Gasteiger partial charge in [-0.1, -0.05) is 20.8 Å². The molecule has 1 fully saturated rings. The first-order valence-electron chi connectivity index (χ1n) is 5.86. The Bertz CT molecular complexity index is 384. The van der Waals surface area contributed by atoms with Crippen molar-refractivity contribution in [2.45, 2.75) is 39.7 Å². The van der Waals surface area contributed by atoms with Crippen LogP contribution in [-0.4, -0.2) is 44.6 Å². The second kappa shape index (κ2) is 4.94. The first kappa shape index (κ1) is 14.4. The molecule has 1 unspecified atom stereocenters. The third-order valence-electron chi connectivity index (χ3n) is 2.73. The Morgan fingerprint density at radius 3 is 2.41 bits per heavy atom. The Hall–Kier alpha value is -0.620. The molecule has 0 radical (unpaired) electrons. The molecule has 100 valence electrons. The van der Waals surface area contributed by atoms with Crippen LogP contribution in [0.3, 0.4) is 0 Å². The Balaban J connectivity index is 2.64. The molecular formula is C11H22N2O3S. The van der Waals surface area contributed by atoms with Gasteiger partial charge in [-0.3, -0.25) is 4.79 Å². The van der Waals surface area contributed by atoms with Crippen molar-refractivity contribution in [2.24, 2.45) is 5.41 Å². The SMILES string of the molecule is CC(C)(C)C(=O)N1CCCC(NS(C)(=O)=O)C1. The van der Waals surface area contributed by atoms with E-state index in [9.17, 15) is 13.2 Å². The van der Waals surface area contributed by atoms with E-state index in [-0.39, 0.29) is 11.9 Å². The van der Waals surface area contributed by atoms with Gasteiger partial charge in [-0.2, -0.15) is 0 Å². The molecule has 0 aromatic heterocycles. The highest BCUT2D eigenvalue weighted by molar-refractivity contribution is 7.88. The smallest absolute Gasteiger partial charge is 0.228 e. The van der Waals surface area contributed by atoms with E-state index in [4.69, 9.17) is 0 Å². The molecular weight excluding hydrogens is 240 g/mol. The minimum absolute atomic E-state index is 0.0810. The summed E-state index contributed by atoms with van der Waals surface area (Å²) in [5.74, 6) is 0.0810. The van der Waals surface area contributed by atoms with E-state index in [0.29, 0.717) is 6.54 Å². The van der Waals surface area contributed by atoms with Gasteiger partial charge in [0.25, 0.3) is 0 Å². The summed E-state index contributed by atoms with van der Waals surface area (Å²) in [6.45, 7) is 6.83. The van der Waals surface area contributed by atoms with Crippen molar-refractivity contribution in [3.63, 3.8) is 0 Å². The summed E-state index contributed by atoms with van der Waals surface area (Å²) in [5.41, 5.74) is -0.410. The average Bonchev–Trinajstić information content (AvgIpc) is 2.12. The topological polar surface area (TPSA) is 66.5 Å². The van der Waals surface area contributed by atoms with Crippen molar-refractivity contribution >= 4 is 15.9 Å². The van der Waals surface area contributed by atoms with Crippen molar-refractivity contribution < 1.29 is 13.2 Å². The van der Waals surface area contributed by atoms with Gasteiger partial charge in [0.2, 0.25) is 15.9 Å². The largest absolute Gasteiger partial charge is 0.341 e. The molecule has 6 heteroatoms. The molecule has 0 saturated carbocycles. The molecule has 1 heterocycles. The molecule has 0 aliphatic carbocycles. The fraction of sp³-hybridized carbons (Fsp3) is 0.909. The monoisotopic (exact) mass is 262 g/mol. The van der Waals surface area contributed by atoms with Crippen molar-refractivity contribution in [1.82, 2.24) is 9.62 Å². The molecule has 1 rings (SSSR count). The Morgan fingerprint density at radius 1 is 1.35 bits per heavy atom. The van der Waals surface area contributed by atoms with Crippen LogP contribution in [0.15, 0.2) is 0 Å². The molecule has 0 aromatic rings. The lowest BCUT2D eigenvalue weighted by Crippen LogP contribution is -2.51. The first-order chi connectivity index (χ1) is 7.59. The van der Waals surface area contributed by atoms with Crippen LogP contribution in [0.5, 0.6) is 0 Å². The van der Waals surface area contributed by atoms with Gasteiger partial charge in [-0.25, -0.2) is 13.1 Å². The Morgan fingerprint density at radius 2 is 1.94 bits per heavy atom. The number of carbonyl (C=O) groups excluding carboxylic acids is 1. The zero-order valence-corrected chi connectivity index (χ0v) is 11.8. The van der Waals surface area contributed by atoms with E-state index >= 15 is 0 Å². The number of likely N-dealkylation sites (tertiary alicyclic amines) is 1. The Kier molecular flexibility index (Phi) is 4.19. The molecule has 1 N–H and O–H groups in total. The summed E-state index contributed by atoms with van der Waals surface area (Å²) in [6, 6.07) is -0.148. The third-order valence-corrected chi connectivity index (χ3v) is 3.49. The molecule has 17 heavy (non-hydrogen) atoms. The number of amides is 1. The summed E-state index contributed by atoms with van der Waals surface area (Å²) in [5, 5.41) is 0. The highest BCUT2D eigenvalue weighted by atomic mass is 32.2. The van der Waals surface area contributed by atoms with E-state index in [1.54, 1.807) is 4.90 Å². The van der Waals surface area contributed by atoms with Gasteiger partial charge in [-0.15, -0.1) is 0 Å². The van der Waals surface area contributed by atoms with Gasteiger partial charge >= 0.3 is 0 Å². The third kappa shape index (κ3) is 4.63. The fourth-order valence-corrected chi connectivity index (χ4v) is 2.83. The van der Waals surface area contributed by atoms with Crippen LogP contribution in [0.1, 0.15) is 33.6 Å². The summed E-state index contributed by atoms with van der Waals surface area (Å²) in [7, 11) is -3.20. The van der Waals surface area contributed by atoms with Gasteiger partial charge in [0, 0.05) is 24.5 Å². The zero-order chi connectivity index (χ0) is 13.3. The van der Waals surface area contributed by atoms with E-state index in [2.05, 4.69) is 4.72 Å². The van der Waals surface area contributed by atoms with Crippen LogP contribution < -0.4 is 4.72 Å². The maximum Gasteiger partial charge on any atom is 0.228 e. The molecule has 5 nitrogen and oxygen atoms in total. The quantitative estimate of drug-likeness (QED) is 0.791. The summed E-state index contributed by atoms with van der Waals surface area (Å²) >= 11 is 0. The lowest BCUT2D eigenvalue weighted by atomic mass is 9.93. The minimum atomic E-state index is -3.20. The number of carbonyl (C=O) groups is 1. The number of nitrogens with one attached hydrogen (secondary N) is 1. The van der Waals surface area contributed by atoms with E-state index in [1.165, 1.54) is 0 Å². The van der Waals surface area contributed by atoms with E-state index in [0.717, 1.165) is 25.6 Å². The van der Waals surface area contributed by atoms with Crippen LogP contribution in [0.2, 0.25) is 0 Å². The van der Waals surface area contributed by atoms with Gasteiger partial charge in [-0.05, 0) is 12.8 Å². The zero-order valence-electron chi connectivity index (χ0n) is 11.0. The lowest BCUT2D eigenvalue weighted by Gasteiger charge is -2.36. The first-order valence-corrected chi connectivity index (χ1v) is 7.75. The molecule has 1 amide bonds. The van der Waals surface area contributed by atoms with Gasteiger partial charge in [0.1, 0.15) is 0 Å². The van der Waals surface area contributed by atoms with Gasteiger partial charge in [0.15, 0.2) is 0 Å². The molecule has 1 saturated heterocycles. The van der Waals surface area contributed by atoms with Crippen LogP contribution in [0.4, 0.5) is 0 Å². The summed E-state index contributed by atoms with van der Waals surface area (Å²) in [6.07, 6.45) is 2.79. The van der Waals surface area contributed by atoms with E-state index < -0.39 is 15.4 Å². The summed E-state index contributed by atoms with van der Waals surface area (Å²) < 4.78 is 24.9. The lowest BCUT2D eigenvalue weighted by molar-refractivity contribution is -0.140. The van der Waals surface area contributed by atoms with Crippen LogP contribution >= 0.6 is 0 Å². The van der Waals surface area contributed by atoms with Gasteiger partial charge in [0.05, 0.1) is 6.26 Å². The number of rotatable bonds is 2. The van der Waals surface area contributed by atoms with Crippen molar-refractivity contribution in [3.05, 3.63) is 0 Å². The van der Waals surface area contributed by atoms with Crippen LogP contribution in [-0.2, 0) is 14.8 Å². The number of piperidine rings is 1. The average molecular weight is 262 g/mol. The molecule has 1 aliphatic heterocycles. The standard InChI is InChI=1S/C11H22N2O3S/c1-11(2,3)10(14)13-7-5-6-9(8-13)12-17(4,15)16/h9,12H,5-8H2,1-4H3. The van der Waals surface area contributed by atoms with Crippen LogP contribution in [0.25, 0.3) is 0 Å². The normalized spacial score (nSPS) is 22.6. The fourth-order valence-electron chi connectivity index (χ4n) is 2.03. The second-order valence-corrected chi connectivity index (χ2v) is 7.51. The van der Waals surface area contributed by atoms with Crippen LogP contribution in [0, 0.1) is 5.41 Å². The second-order valence-electron chi connectivity index (χ2n) is 5.73. The molecule has 0 spiro atoms. The molecule has 1 atom stereocenters. The van der Waals surface area contributed by atoms with Crippen molar-refractivity contribution in [2.75, 3.05) is 19.3 Å². The number of nitrogens with zero attached hydrogens (tertiary/aromatic N) is 1. The van der Waals surface area contributed by atoms with Crippen molar-refractivity contribution in [3.8, 4) is 0 Å². The molecule has 1 aliphatic rings. The minimum Gasteiger partial charge on any atom is -0.341 e. The molecule has 0 aromatic carbocycles. The van der Waals surface area contributed by atoms with Crippen molar-refractivity contribution in [1.29, 1.82) is 0 Å². The predicted molar refractivity (Wildman–Crippen MR) is 67.0 cm³/mol. The number of sulfonamides is 1.